The number of carbonyl (C=O) groups is 1. The minimum Gasteiger partial charge on any atom is -0.387 e. The standard InChI is InChI=1S/C19H20N4O3/c1-12(24)17-7-8-20-23(17)15-9-14(10-15)21-19(25)18-11-16(22-26-18)13-5-3-2-4-6-13/h2-8,11-12,14-15,24H,9-10H2,1H3,(H,21,25)/t12-,14-,15+/m1/s1. The van der Waals surface area contributed by atoms with Crippen molar-refractivity contribution in [3.63, 3.8) is 0 Å². The highest BCUT2D eigenvalue weighted by molar-refractivity contribution is 5.92. The van der Waals surface area contributed by atoms with Crippen LogP contribution in [-0.2, 0) is 0 Å². The van der Waals surface area contributed by atoms with E-state index in [1.807, 2.05) is 41.1 Å². The van der Waals surface area contributed by atoms with Gasteiger partial charge in [0.05, 0.1) is 17.8 Å². The number of benzene rings is 1. The molecule has 1 fully saturated rings. The van der Waals surface area contributed by atoms with Gasteiger partial charge in [0.2, 0.25) is 5.76 Å². The summed E-state index contributed by atoms with van der Waals surface area (Å²) in [6.45, 7) is 1.72. The summed E-state index contributed by atoms with van der Waals surface area (Å²) < 4.78 is 7.03. The third-order valence-corrected chi connectivity index (χ3v) is 4.73. The smallest absolute Gasteiger partial charge is 0.290 e. The van der Waals surface area contributed by atoms with E-state index in [-0.39, 0.29) is 23.8 Å². The number of hydrogen-bond acceptors (Lipinski definition) is 5. The van der Waals surface area contributed by atoms with Crippen LogP contribution in [0.25, 0.3) is 11.3 Å². The van der Waals surface area contributed by atoms with E-state index in [2.05, 4.69) is 15.6 Å². The van der Waals surface area contributed by atoms with Crippen molar-refractivity contribution < 1.29 is 14.4 Å². The Hall–Kier alpha value is -2.93. The van der Waals surface area contributed by atoms with E-state index in [1.54, 1.807) is 19.2 Å². The molecular formula is C19H20N4O3. The second kappa shape index (κ2) is 6.76. The van der Waals surface area contributed by atoms with E-state index in [0.717, 1.165) is 24.1 Å². The van der Waals surface area contributed by atoms with E-state index >= 15 is 0 Å². The molecular weight excluding hydrogens is 332 g/mol. The van der Waals surface area contributed by atoms with Crippen molar-refractivity contribution in [2.45, 2.75) is 38.0 Å². The Morgan fingerprint density at radius 3 is 2.81 bits per heavy atom. The molecule has 1 atom stereocenters. The van der Waals surface area contributed by atoms with Crippen molar-refractivity contribution in [3.8, 4) is 11.3 Å². The van der Waals surface area contributed by atoms with Crippen LogP contribution in [0.15, 0.2) is 53.2 Å². The lowest BCUT2D eigenvalue weighted by Gasteiger charge is -2.36. The fourth-order valence-corrected chi connectivity index (χ4v) is 3.25. The molecule has 1 aliphatic rings. The third kappa shape index (κ3) is 3.13. The van der Waals surface area contributed by atoms with E-state index < -0.39 is 6.10 Å². The van der Waals surface area contributed by atoms with Gasteiger partial charge in [-0.05, 0) is 25.8 Å². The number of aliphatic hydroxyl groups is 1. The van der Waals surface area contributed by atoms with E-state index in [9.17, 15) is 9.90 Å². The van der Waals surface area contributed by atoms with Gasteiger partial charge in [-0.3, -0.25) is 9.48 Å². The fourth-order valence-electron chi connectivity index (χ4n) is 3.25. The number of aliphatic hydroxyl groups excluding tert-OH is 1. The van der Waals surface area contributed by atoms with Crippen molar-refractivity contribution in [3.05, 3.63) is 60.1 Å². The fraction of sp³-hybridized carbons (Fsp3) is 0.316. The quantitative estimate of drug-likeness (QED) is 0.736. The van der Waals surface area contributed by atoms with Crippen LogP contribution in [0.2, 0.25) is 0 Å². The zero-order chi connectivity index (χ0) is 18.1. The topological polar surface area (TPSA) is 93.2 Å². The second-order valence-electron chi connectivity index (χ2n) is 6.61. The monoisotopic (exact) mass is 352 g/mol. The van der Waals surface area contributed by atoms with Crippen molar-refractivity contribution in [2.75, 3.05) is 0 Å². The molecule has 2 aromatic heterocycles. The van der Waals surface area contributed by atoms with Crippen LogP contribution >= 0.6 is 0 Å². The van der Waals surface area contributed by atoms with Gasteiger partial charge in [-0.25, -0.2) is 0 Å². The Bertz CT molecular complexity index is 894. The molecule has 0 radical (unpaired) electrons. The van der Waals surface area contributed by atoms with Crippen LogP contribution < -0.4 is 5.32 Å². The van der Waals surface area contributed by atoms with Gasteiger partial charge < -0.3 is 14.9 Å². The summed E-state index contributed by atoms with van der Waals surface area (Å²) in [5, 5.41) is 21.0. The predicted octanol–water partition coefficient (Wildman–Crippen LogP) is 2.72. The van der Waals surface area contributed by atoms with E-state index in [0.29, 0.717) is 5.69 Å². The third-order valence-electron chi connectivity index (χ3n) is 4.73. The highest BCUT2D eigenvalue weighted by Gasteiger charge is 2.34. The lowest BCUT2D eigenvalue weighted by molar-refractivity contribution is 0.0843. The Morgan fingerprint density at radius 1 is 1.31 bits per heavy atom. The Labute approximate surface area is 150 Å². The highest BCUT2D eigenvalue weighted by atomic mass is 16.5. The van der Waals surface area contributed by atoms with Gasteiger partial charge in [-0.15, -0.1) is 0 Å². The molecule has 7 heteroatoms. The molecule has 1 saturated carbocycles. The predicted molar refractivity (Wildman–Crippen MR) is 94.3 cm³/mol. The molecule has 1 aliphatic carbocycles. The number of nitrogens with one attached hydrogen (secondary N) is 1. The SMILES string of the molecule is C[C@@H](O)c1ccnn1[C@H]1C[C@@H](NC(=O)c2cc(-c3ccccc3)no2)C1. The van der Waals surface area contributed by atoms with Crippen molar-refractivity contribution in [1.82, 2.24) is 20.3 Å². The summed E-state index contributed by atoms with van der Waals surface area (Å²) in [6, 6.07) is 13.3. The minimum atomic E-state index is -0.559. The number of rotatable bonds is 5. The van der Waals surface area contributed by atoms with Gasteiger partial charge in [-0.1, -0.05) is 35.5 Å². The molecule has 1 amide bonds. The van der Waals surface area contributed by atoms with Crippen LogP contribution in [0.3, 0.4) is 0 Å². The summed E-state index contributed by atoms with van der Waals surface area (Å²) in [6.07, 6.45) is 2.67. The molecule has 134 valence electrons. The maximum absolute atomic E-state index is 12.4. The Kier molecular flexibility index (Phi) is 4.30. The number of hydrogen-bond donors (Lipinski definition) is 2. The second-order valence-corrected chi connectivity index (χ2v) is 6.61. The summed E-state index contributed by atoms with van der Waals surface area (Å²) in [4.78, 5) is 12.4. The van der Waals surface area contributed by atoms with E-state index in [1.165, 1.54) is 0 Å². The molecule has 3 aromatic rings. The highest BCUT2D eigenvalue weighted by Crippen LogP contribution is 2.34. The Morgan fingerprint density at radius 2 is 2.08 bits per heavy atom. The molecule has 7 nitrogen and oxygen atoms in total. The number of nitrogens with zero attached hydrogens (tertiary/aromatic N) is 3. The first-order valence-electron chi connectivity index (χ1n) is 8.66. The summed E-state index contributed by atoms with van der Waals surface area (Å²) in [5.74, 6) is -0.0598. The minimum absolute atomic E-state index is 0.0591. The summed E-state index contributed by atoms with van der Waals surface area (Å²) in [5.41, 5.74) is 2.34. The average molecular weight is 352 g/mol. The first-order chi connectivity index (χ1) is 12.6. The van der Waals surface area contributed by atoms with Crippen molar-refractivity contribution >= 4 is 5.91 Å². The van der Waals surface area contributed by atoms with Crippen molar-refractivity contribution in [1.29, 1.82) is 0 Å². The Balaban J connectivity index is 1.36. The van der Waals surface area contributed by atoms with Gasteiger partial charge in [0.1, 0.15) is 5.69 Å². The molecule has 2 N–H and O–H groups in total. The van der Waals surface area contributed by atoms with Crippen molar-refractivity contribution in [2.24, 2.45) is 0 Å². The van der Waals surface area contributed by atoms with Crippen LogP contribution in [0.5, 0.6) is 0 Å². The lowest BCUT2D eigenvalue weighted by atomic mass is 9.86. The largest absolute Gasteiger partial charge is 0.387 e. The maximum Gasteiger partial charge on any atom is 0.290 e. The first-order valence-corrected chi connectivity index (χ1v) is 8.66. The van der Waals surface area contributed by atoms with Crippen LogP contribution in [0.1, 0.15) is 48.2 Å². The van der Waals surface area contributed by atoms with Crippen LogP contribution in [0, 0.1) is 0 Å². The van der Waals surface area contributed by atoms with E-state index in [4.69, 9.17) is 4.52 Å². The average Bonchev–Trinajstić information content (AvgIpc) is 3.27. The van der Waals surface area contributed by atoms with Gasteiger partial charge in [0, 0.05) is 23.9 Å². The van der Waals surface area contributed by atoms with Gasteiger partial charge in [-0.2, -0.15) is 5.10 Å². The number of amides is 1. The molecule has 26 heavy (non-hydrogen) atoms. The summed E-state index contributed by atoms with van der Waals surface area (Å²) >= 11 is 0. The molecule has 1 aromatic carbocycles. The molecule has 0 unspecified atom stereocenters. The molecule has 0 bridgehead atoms. The van der Waals surface area contributed by atoms with Gasteiger partial charge in [0.25, 0.3) is 5.91 Å². The normalized spacial score (nSPS) is 20.4. The number of carbonyl (C=O) groups excluding carboxylic acids is 1. The molecule has 0 aliphatic heterocycles. The zero-order valence-corrected chi connectivity index (χ0v) is 14.4. The lowest BCUT2D eigenvalue weighted by Crippen LogP contribution is -2.45. The molecule has 0 spiro atoms. The first kappa shape index (κ1) is 16.5. The molecule has 4 rings (SSSR count). The van der Waals surface area contributed by atoms with Crippen LogP contribution in [-0.4, -0.2) is 32.0 Å². The van der Waals surface area contributed by atoms with Gasteiger partial charge in [0.15, 0.2) is 0 Å². The van der Waals surface area contributed by atoms with Crippen LogP contribution in [0.4, 0.5) is 0 Å². The maximum atomic E-state index is 12.4. The molecule has 0 saturated heterocycles. The van der Waals surface area contributed by atoms with Gasteiger partial charge >= 0.3 is 0 Å². The number of aromatic nitrogens is 3. The molecule has 2 heterocycles. The zero-order valence-electron chi connectivity index (χ0n) is 14.4. The summed E-state index contributed by atoms with van der Waals surface area (Å²) in [7, 11) is 0.